The van der Waals surface area contributed by atoms with Gasteiger partial charge >= 0.3 is 0 Å². The van der Waals surface area contributed by atoms with Gasteiger partial charge in [0.2, 0.25) is 0 Å². The van der Waals surface area contributed by atoms with Gasteiger partial charge in [0.15, 0.2) is 5.65 Å². The second-order valence-corrected chi connectivity index (χ2v) is 5.19. The zero-order valence-corrected chi connectivity index (χ0v) is 12.3. The van der Waals surface area contributed by atoms with Crippen molar-refractivity contribution in [1.29, 1.82) is 5.26 Å². The highest BCUT2D eigenvalue weighted by molar-refractivity contribution is 6.32. The average molecular weight is 298 g/mol. The molecule has 0 aliphatic rings. The number of nitrogens with zero attached hydrogens (tertiary/aromatic N) is 4. The predicted molar refractivity (Wildman–Crippen MR) is 82.5 cm³/mol. The van der Waals surface area contributed by atoms with Crippen LogP contribution in [0.3, 0.4) is 0 Å². The lowest BCUT2D eigenvalue weighted by molar-refractivity contribution is 1.01. The lowest BCUT2D eigenvalue weighted by atomic mass is 10.2. The molecule has 0 spiro atoms. The lowest BCUT2D eigenvalue weighted by Gasteiger charge is -2.10. The number of aromatic nitrogens is 3. The Morgan fingerprint density at radius 2 is 2.05 bits per heavy atom. The number of aryl methyl sites for hydroxylation is 1. The fourth-order valence-corrected chi connectivity index (χ4v) is 2.68. The van der Waals surface area contributed by atoms with Crippen LogP contribution in [0.1, 0.15) is 16.8 Å². The van der Waals surface area contributed by atoms with Crippen molar-refractivity contribution in [2.24, 2.45) is 0 Å². The molecule has 0 aliphatic carbocycles. The molecule has 3 aromatic rings. The minimum absolute atomic E-state index is 0.437. The SMILES string of the molecule is Cc1c(C)n(-c2cc(C#N)ccc2Cl)c2ncnc(N)c12. The standard InChI is InChI=1S/C15H12ClN5/c1-8-9(2)21(15-13(8)14(18)19-7-20-15)12-5-10(6-17)3-4-11(12)16/h3-5,7H,1-2H3,(H2,18,19,20). The maximum Gasteiger partial charge on any atom is 0.150 e. The molecule has 0 aliphatic heterocycles. The molecule has 0 fully saturated rings. The van der Waals surface area contributed by atoms with E-state index in [1.807, 2.05) is 18.4 Å². The van der Waals surface area contributed by atoms with Gasteiger partial charge in [0.25, 0.3) is 0 Å². The van der Waals surface area contributed by atoms with Gasteiger partial charge in [0.05, 0.1) is 27.7 Å². The zero-order valence-electron chi connectivity index (χ0n) is 11.6. The smallest absolute Gasteiger partial charge is 0.150 e. The maximum absolute atomic E-state index is 9.08. The molecule has 5 nitrogen and oxygen atoms in total. The fraction of sp³-hybridized carbons (Fsp3) is 0.133. The van der Waals surface area contributed by atoms with Crippen LogP contribution in [0.5, 0.6) is 0 Å². The molecule has 2 aromatic heterocycles. The van der Waals surface area contributed by atoms with Crippen LogP contribution in [0.15, 0.2) is 24.5 Å². The lowest BCUT2D eigenvalue weighted by Crippen LogP contribution is -2.00. The van der Waals surface area contributed by atoms with E-state index in [-0.39, 0.29) is 0 Å². The van der Waals surface area contributed by atoms with E-state index in [0.717, 1.165) is 16.6 Å². The van der Waals surface area contributed by atoms with Gasteiger partial charge in [-0.05, 0) is 37.6 Å². The molecule has 0 saturated heterocycles. The molecule has 0 unspecified atom stereocenters. The Morgan fingerprint density at radius 1 is 1.29 bits per heavy atom. The summed E-state index contributed by atoms with van der Waals surface area (Å²) in [5, 5.41) is 10.4. The molecule has 0 amide bonds. The van der Waals surface area contributed by atoms with Crippen molar-refractivity contribution in [1.82, 2.24) is 14.5 Å². The third-order valence-electron chi connectivity index (χ3n) is 3.64. The number of benzene rings is 1. The number of hydrogen-bond donors (Lipinski definition) is 1. The number of anilines is 1. The highest BCUT2D eigenvalue weighted by Gasteiger charge is 2.18. The molecule has 104 valence electrons. The van der Waals surface area contributed by atoms with Crippen LogP contribution >= 0.6 is 11.6 Å². The molecule has 1 aromatic carbocycles. The summed E-state index contributed by atoms with van der Waals surface area (Å²) in [7, 11) is 0. The summed E-state index contributed by atoms with van der Waals surface area (Å²) in [6.45, 7) is 3.93. The van der Waals surface area contributed by atoms with Gasteiger partial charge in [-0.15, -0.1) is 0 Å². The molecule has 0 radical (unpaired) electrons. The summed E-state index contributed by atoms with van der Waals surface area (Å²) in [6, 6.07) is 7.26. The van der Waals surface area contributed by atoms with Crippen LogP contribution in [0.4, 0.5) is 5.82 Å². The van der Waals surface area contributed by atoms with E-state index >= 15 is 0 Å². The molecule has 2 heterocycles. The van der Waals surface area contributed by atoms with Crippen molar-refractivity contribution in [3.8, 4) is 11.8 Å². The second-order valence-electron chi connectivity index (χ2n) is 4.78. The molecule has 0 saturated carbocycles. The Kier molecular flexibility index (Phi) is 3.04. The van der Waals surface area contributed by atoms with Crippen LogP contribution < -0.4 is 5.73 Å². The number of hydrogen-bond acceptors (Lipinski definition) is 4. The van der Waals surface area contributed by atoms with Gasteiger partial charge < -0.3 is 5.73 Å². The first-order valence-electron chi connectivity index (χ1n) is 6.32. The Labute approximate surface area is 126 Å². The molecule has 21 heavy (non-hydrogen) atoms. The van der Waals surface area contributed by atoms with Gasteiger partial charge in [-0.3, -0.25) is 4.57 Å². The van der Waals surface area contributed by atoms with E-state index in [9.17, 15) is 0 Å². The summed E-state index contributed by atoms with van der Waals surface area (Å²) in [5.74, 6) is 0.437. The monoisotopic (exact) mass is 297 g/mol. The number of fused-ring (bicyclic) bond motifs is 1. The van der Waals surface area contributed by atoms with Crippen LogP contribution in [0.2, 0.25) is 5.02 Å². The third-order valence-corrected chi connectivity index (χ3v) is 3.96. The quantitative estimate of drug-likeness (QED) is 0.748. The fourth-order valence-electron chi connectivity index (χ4n) is 2.47. The first kappa shape index (κ1) is 13.4. The van der Waals surface area contributed by atoms with Crippen LogP contribution in [0.25, 0.3) is 16.7 Å². The minimum Gasteiger partial charge on any atom is -0.383 e. The third kappa shape index (κ3) is 1.92. The summed E-state index contributed by atoms with van der Waals surface area (Å²) in [6.07, 6.45) is 1.43. The normalized spacial score (nSPS) is 10.8. The van der Waals surface area contributed by atoms with Crippen molar-refractivity contribution >= 4 is 28.5 Å². The molecular formula is C15H12ClN5. The average Bonchev–Trinajstić information content (AvgIpc) is 2.73. The van der Waals surface area contributed by atoms with Crippen molar-refractivity contribution in [2.45, 2.75) is 13.8 Å². The first-order valence-corrected chi connectivity index (χ1v) is 6.70. The summed E-state index contributed by atoms with van der Waals surface area (Å²) in [4.78, 5) is 8.37. The van der Waals surface area contributed by atoms with Gasteiger partial charge in [0, 0.05) is 5.69 Å². The van der Waals surface area contributed by atoms with Crippen LogP contribution in [0, 0.1) is 25.2 Å². The van der Waals surface area contributed by atoms with Gasteiger partial charge in [-0.25, -0.2) is 9.97 Å². The second kappa shape index (κ2) is 4.76. The molecule has 6 heteroatoms. The van der Waals surface area contributed by atoms with Crippen molar-refractivity contribution in [2.75, 3.05) is 5.73 Å². The summed E-state index contributed by atoms with van der Waals surface area (Å²) in [5.41, 5.74) is 9.87. The predicted octanol–water partition coefficient (Wildman–Crippen LogP) is 3.14. The van der Waals surface area contributed by atoms with E-state index in [1.54, 1.807) is 18.2 Å². The molecule has 3 rings (SSSR count). The van der Waals surface area contributed by atoms with E-state index in [1.165, 1.54) is 6.33 Å². The van der Waals surface area contributed by atoms with Crippen molar-refractivity contribution < 1.29 is 0 Å². The first-order chi connectivity index (χ1) is 10.0. The van der Waals surface area contributed by atoms with Gasteiger partial charge in [-0.1, -0.05) is 11.6 Å². The Morgan fingerprint density at radius 3 is 2.76 bits per heavy atom. The van der Waals surface area contributed by atoms with E-state index < -0.39 is 0 Å². The van der Waals surface area contributed by atoms with Crippen LogP contribution in [-0.4, -0.2) is 14.5 Å². The Balaban J connectivity index is 2.44. The van der Waals surface area contributed by atoms with Gasteiger partial charge in [-0.2, -0.15) is 5.26 Å². The topological polar surface area (TPSA) is 80.5 Å². The largest absolute Gasteiger partial charge is 0.383 e. The minimum atomic E-state index is 0.437. The van der Waals surface area contributed by atoms with E-state index in [2.05, 4.69) is 16.0 Å². The molecular weight excluding hydrogens is 286 g/mol. The Bertz CT molecular complexity index is 905. The highest BCUT2D eigenvalue weighted by Crippen LogP contribution is 2.32. The van der Waals surface area contributed by atoms with Crippen molar-refractivity contribution in [3.63, 3.8) is 0 Å². The molecule has 0 atom stereocenters. The summed E-state index contributed by atoms with van der Waals surface area (Å²) < 4.78 is 1.91. The number of nitrogens with two attached hydrogens (primary N) is 1. The zero-order chi connectivity index (χ0) is 15.1. The maximum atomic E-state index is 9.08. The number of nitriles is 1. The van der Waals surface area contributed by atoms with Crippen molar-refractivity contribution in [3.05, 3.63) is 46.4 Å². The van der Waals surface area contributed by atoms with Gasteiger partial charge in [0.1, 0.15) is 12.1 Å². The molecule has 0 bridgehead atoms. The molecule has 2 N–H and O–H groups in total. The number of rotatable bonds is 1. The summed E-state index contributed by atoms with van der Waals surface area (Å²) >= 11 is 6.30. The number of nitrogen functional groups attached to an aromatic ring is 1. The Hall–Kier alpha value is -2.58. The van der Waals surface area contributed by atoms with Crippen LogP contribution in [-0.2, 0) is 0 Å². The van der Waals surface area contributed by atoms with E-state index in [0.29, 0.717) is 27.7 Å². The highest BCUT2D eigenvalue weighted by atomic mass is 35.5. The number of halogens is 1. The van der Waals surface area contributed by atoms with E-state index in [4.69, 9.17) is 22.6 Å².